The fourth-order valence-electron chi connectivity index (χ4n) is 2.15. The predicted octanol–water partition coefficient (Wildman–Crippen LogP) is 1.92. The molecule has 0 radical (unpaired) electrons. The van der Waals surface area contributed by atoms with Gasteiger partial charge in [0.25, 0.3) is 0 Å². The summed E-state index contributed by atoms with van der Waals surface area (Å²) in [4.78, 5) is 36.8. The molecule has 0 aliphatic heterocycles. The van der Waals surface area contributed by atoms with Gasteiger partial charge >= 0.3 is 11.9 Å². The minimum atomic E-state index is -1.54. The van der Waals surface area contributed by atoms with E-state index < -0.39 is 25.4 Å². The molecule has 5 nitrogen and oxygen atoms in total. The van der Waals surface area contributed by atoms with Gasteiger partial charge in [0, 0.05) is 14.0 Å². The highest BCUT2D eigenvalue weighted by molar-refractivity contribution is 7.88. The van der Waals surface area contributed by atoms with Gasteiger partial charge in [-0.15, -0.1) is 0 Å². The van der Waals surface area contributed by atoms with E-state index in [0.717, 1.165) is 23.8 Å². The molecule has 0 aliphatic carbocycles. The van der Waals surface area contributed by atoms with E-state index >= 15 is 0 Å². The summed E-state index contributed by atoms with van der Waals surface area (Å²) in [6.07, 6.45) is 0.884. The number of benzene rings is 2. The molecule has 0 spiro atoms. The summed E-state index contributed by atoms with van der Waals surface area (Å²) >= 11 is 0. The van der Waals surface area contributed by atoms with Crippen LogP contribution in [0.5, 0.6) is 0 Å². The SMILES string of the molecule is COC(=O)/C=C(\C(=O)OC)C(=O)P(c1ccccc1)c1ccccc1. The Bertz CT molecular complexity index is 744. The highest BCUT2D eigenvalue weighted by atomic mass is 31.1. The maximum Gasteiger partial charge on any atom is 0.342 e. The summed E-state index contributed by atoms with van der Waals surface area (Å²) in [5, 5.41) is 1.54. The number of rotatable bonds is 6. The molecule has 0 bridgehead atoms. The van der Waals surface area contributed by atoms with E-state index in [1.165, 1.54) is 7.11 Å². The first-order chi connectivity index (χ1) is 12.1. The first-order valence-corrected chi connectivity index (χ1v) is 8.75. The Labute approximate surface area is 147 Å². The molecule has 0 saturated carbocycles. The average molecular weight is 356 g/mol. The molecule has 0 heterocycles. The normalized spacial score (nSPS) is 11.1. The standard InChI is InChI=1S/C19H17O5P/c1-23-17(20)13-16(18(21)24-2)19(22)25(14-9-5-3-6-10-14)15-11-7-4-8-12-15/h3-13H,1-2H3/b16-13+. The minimum absolute atomic E-state index is 0.326. The van der Waals surface area contributed by atoms with Crippen molar-refractivity contribution in [2.24, 2.45) is 0 Å². The van der Waals surface area contributed by atoms with Gasteiger partial charge in [0.1, 0.15) is 5.57 Å². The van der Waals surface area contributed by atoms with Crippen molar-refractivity contribution in [1.29, 1.82) is 0 Å². The smallest absolute Gasteiger partial charge is 0.342 e. The third-order valence-corrected chi connectivity index (χ3v) is 5.61. The minimum Gasteiger partial charge on any atom is -0.466 e. The summed E-state index contributed by atoms with van der Waals surface area (Å²) in [7, 11) is 0.796. The number of hydrogen-bond donors (Lipinski definition) is 0. The van der Waals surface area contributed by atoms with Crippen LogP contribution in [0.1, 0.15) is 0 Å². The topological polar surface area (TPSA) is 69.7 Å². The molecule has 0 aromatic heterocycles. The zero-order valence-corrected chi connectivity index (χ0v) is 14.7. The molecule has 2 rings (SSSR count). The molecule has 0 aliphatic rings. The second-order valence-corrected chi connectivity index (χ2v) is 6.99. The first kappa shape index (κ1) is 18.6. The average Bonchev–Trinajstić information content (AvgIpc) is 2.67. The Kier molecular flexibility index (Phi) is 6.61. The third-order valence-electron chi connectivity index (χ3n) is 3.33. The van der Waals surface area contributed by atoms with E-state index in [4.69, 9.17) is 0 Å². The van der Waals surface area contributed by atoms with Crippen LogP contribution in [0.4, 0.5) is 0 Å². The molecule has 2 aromatic carbocycles. The van der Waals surface area contributed by atoms with Gasteiger partial charge in [-0.05, 0) is 10.6 Å². The van der Waals surface area contributed by atoms with Crippen LogP contribution < -0.4 is 10.6 Å². The highest BCUT2D eigenvalue weighted by Crippen LogP contribution is 2.37. The molecule has 0 fully saturated rings. The maximum atomic E-state index is 13.1. The zero-order valence-electron chi connectivity index (χ0n) is 13.8. The van der Waals surface area contributed by atoms with Gasteiger partial charge in [0.2, 0.25) is 5.52 Å². The van der Waals surface area contributed by atoms with E-state index in [1.54, 1.807) is 0 Å². The summed E-state index contributed by atoms with van der Waals surface area (Å²) in [5.74, 6) is -1.65. The quantitative estimate of drug-likeness (QED) is 0.260. The lowest BCUT2D eigenvalue weighted by atomic mass is 10.3. The molecule has 0 N–H and O–H groups in total. The Balaban J connectivity index is 2.56. The number of methoxy groups -OCH3 is 2. The van der Waals surface area contributed by atoms with Crippen LogP contribution in [0.15, 0.2) is 72.3 Å². The van der Waals surface area contributed by atoms with Gasteiger partial charge in [-0.25, -0.2) is 9.59 Å². The Morgan fingerprint density at radius 2 is 1.28 bits per heavy atom. The van der Waals surface area contributed by atoms with Gasteiger partial charge in [0.15, 0.2) is 0 Å². The molecule has 0 amide bonds. The highest BCUT2D eigenvalue weighted by Gasteiger charge is 2.30. The van der Waals surface area contributed by atoms with E-state index in [0.29, 0.717) is 0 Å². The van der Waals surface area contributed by atoms with Gasteiger partial charge in [-0.2, -0.15) is 0 Å². The largest absolute Gasteiger partial charge is 0.466 e. The Morgan fingerprint density at radius 3 is 1.68 bits per heavy atom. The van der Waals surface area contributed by atoms with Crippen molar-refractivity contribution in [3.05, 3.63) is 72.3 Å². The Morgan fingerprint density at radius 1 is 0.800 bits per heavy atom. The van der Waals surface area contributed by atoms with Crippen LogP contribution in [0.3, 0.4) is 0 Å². The van der Waals surface area contributed by atoms with Gasteiger partial charge in [0.05, 0.1) is 14.2 Å². The molecular weight excluding hydrogens is 339 g/mol. The number of esters is 2. The summed E-state index contributed by atoms with van der Waals surface area (Å²) in [5.41, 5.74) is -0.794. The van der Waals surface area contributed by atoms with Crippen LogP contribution in [0.2, 0.25) is 0 Å². The molecule has 0 atom stereocenters. The monoisotopic (exact) mass is 356 g/mol. The number of hydrogen-bond acceptors (Lipinski definition) is 5. The molecule has 6 heteroatoms. The lowest BCUT2D eigenvalue weighted by Gasteiger charge is -2.18. The van der Waals surface area contributed by atoms with E-state index in [9.17, 15) is 14.4 Å². The third kappa shape index (κ3) is 4.61. The van der Waals surface area contributed by atoms with Crippen molar-refractivity contribution >= 4 is 36.0 Å². The van der Waals surface area contributed by atoms with Crippen LogP contribution in [-0.4, -0.2) is 31.7 Å². The molecule has 0 saturated heterocycles. The van der Waals surface area contributed by atoms with Gasteiger partial charge in [-0.3, -0.25) is 4.79 Å². The number of ether oxygens (including phenoxy) is 2. The van der Waals surface area contributed by atoms with Crippen molar-refractivity contribution in [3.63, 3.8) is 0 Å². The molecule has 0 unspecified atom stereocenters. The second-order valence-electron chi connectivity index (χ2n) is 4.88. The van der Waals surface area contributed by atoms with Crippen molar-refractivity contribution < 1.29 is 23.9 Å². The predicted molar refractivity (Wildman–Crippen MR) is 96.2 cm³/mol. The van der Waals surface area contributed by atoms with Gasteiger partial charge in [-0.1, -0.05) is 60.7 Å². The zero-order chi connectivity index (χ0) is 18.2. The van der Waals surface area contributed by atoms with E-state index in [1.807, 2.05) is 60.7 Å². The van der Waals surface area contributed by atoms with Gasteiger partial charge < -0.3 is 9.47 Å². The fraction of sp³-hybridized carbons (Fsp3) is 0.105. The summed E-state index contributed by atoms with van der Waals surface area (Å²) in [6.45, 7) is 0. The Hall–Kier alpha value is -2.78. The van der Waals surface area contributed by atoms with Crippen LogP contribution in [0, 0.1) is 0 Å². The molecule has 2 aromatic rings. The molecular formula is C19H17O5P. The second kappa shape index (κ2) is 8.90. The summed E-state index contributed by atoms with van der Waals surface area (Å²) in [6, 6.07) is 18.3. The van der Waals surface area contributed by atoms with Crippen LogP contribution >= 0.6 is 7.92 Å². The fourth-order valence-corrected chi connectivity index (χ4v) is 4.26. The van der Waals surface area contributed by atoms with Crippen LogP contribution in [0.25, 0.3) is 0 Å². The molecule has 128 valence electrons. The molecule has 25 heavy (non-hydrogen) atoms. The lowest BCUT2D eigenvalue weighted by molar-refractivity contribution is -0.139. The summed E-state index contributed by atoms with van der Waals surface area (Å²) < 4.78 is 9.22. The number of carbonyl (C=O) groups excluding carboxylic acids is 3. The number of carbonyl (C=O) groups is 3. The van der Waals surface area contributed by atoms with Crippen molar-refractivity contribution in [1.82, 2.24) is 0 Å². The van der Waals surface area contributed by atoms with Crippen molar-refractivity contribution in [3.8, 4) is 0 Å². The first-order valence-electron chi connectivity index (χ1n) is 7.41. The van der Waals surface area contributed by atoms with Crippen LogP contribution in [-0.2, 0) is 23.9 Å². The lowest BCUT2D eigenvalue weighted by Crippen LogP contribution is -2.23. The van der Waals surface area contributed by atoms with E-state index in [-0.39, 0.29) is 5.57 Å². The maximum absolute atomic E-state index is 13.1. The van der Waals surface area contributed by atoms with E-state index in [2.05, 4.69) is 9.47 Å². The van der Waals surface area contributed by atoms with Crippen molar-refractivity contribution in [2.45, 2.75) is 0 Å². The van der Waals surface area contributed by atoms with Crippen molar-refractivity contribution in [2.75, 3.05) is 14.2 Å².